The Morgan fingerprint density at radius 3 is 2.52 bits per heavy atom. The molecule has 0 bridgehead atoms. The highest BCUT2D eigenvalue weighted by atomic mass is 16.5. The molecule has 1 aliphatic carbocycles. The van der Waals surface area contributed by atoms with Crippen LogP contribution in [0.15, 0.2) is 18.2 Å². The fourth-order valence-electron chi connectivity index (χ4n) is 2.62. The third-order valence-electron chi connectivity index (χ3n) is 3.91. The summed E-state index contributed by atoms with van der Waals surface area (Å²) in [5, 5.41) is 10.8. The molecule has 1 aliphatic rings. The normalized spacial score (nSPS) is 18.0. The Kier molecular flexibility index (Phi) is 4.05. The average Bonchev–Trinajstić information content (AvgIpc) is 2.43. The number of hydrogen-bond acceptors (Lipinski definition) is 3. The zero-order valence-corrected chi connectivity index (χ0v) is 12.7. The Hall–Kier alpha value is -1.88. The molecule has 21 heavy (non-hydrogen) atoms. The molecule has 0 radical (unpaired) electrons. The lowest BCUT2D eigenvalue weighted by molar-refractivity contribution is -0.191. The number of carbonyl (C=O) groups is 2. The Morgan fingerprint density at radius 1 is 1.29 bits per heavy atom. The molecule has 5 nitrogen and oxygen atoms in total. The molecule has 0 heterocycles. The molecule has 1 unspecified atom stereocenters. The molecular weight excluding hydrogens is 268 g/mol. The fourth-order valence-corrected chi connectivity index (χ4v) is 2.62. The SMILES string of the molecule is CC(C)(C)N(O)C(=O)C1CCc2ccc(C(N)=O)cc2C1. The number of hydroxylamine groups is 2. The molecule has 3 N–H and O–H groups in total. The summed E-state index contributed by atoms with van der Waals surface area (Å²) >= 11 is 0. The summed E-state index contributed by atoms with van der Waals surface area (Å²) in [6.45, 7) is 5.35. The Morgan fingerprint density at radius 2 is 1.95 bits per heavy atom. The van der Waals surface area contributed by atoms with Gasteiger partial charge in [0.25, 0.3) is 0 Å². The van der Waals surface area contributed by atoms with Crippen molar-refractivity contribution in [2.75, 3.05) is 0 Å². The van der Waals surface area contributed by atoms with Gasteiger partial charge in [-0.3, -0.25) is 14.8 Å². The number of primary amides is 1. The lowest BCUT2D eigenvalue weighted by Gasteiger charge is -2.34. The van der Waals surface area contributed by atoms with Crippen molar-refractivity contribution in [3.63, 3.8) is 0 Å². The molecule has 1 atom stereocenters. The van der Waals surface area contributed by atoms with Crippen molar-refractivity contribution in [2.45, 2.75) is 45.6 Å². The van der Waals surface area contributed by atoms with E-state index in [0.717, 1.165) is 22.6 Å². The zero-order valence-electron chi connectivity index (χ0n) is 12.7. The predicted octanol–water partition coefficient (Wildman–Crippen LogP) is 1.91. The number of nitrogens with two attached hydrogens (primary N) is 1. The molecule has 114 valence electrons. The highest BCUT2D eigenvalue weighted by Gasteiger charge is 2.33. The van der Waals surface area contributed by atoms with E-state index in [9.17, 15) is 14.8 Å². The first-order valence-corrected chi connectivity index (χ1v) is 7.14. The summed E-state index contributed by atoms with van der Waals surface area (Å²) in [5.74, 6) is -0.993. The van der Waals surface area contributed by atoms with Crippen molar-refractivity contribution in [3.05, 3.63) is 34.9 Å². The quantitative estimate of drug-likeness (QED) is 0.644. The Labute approximate surface area is 124 Å². The van der Waals surface area contributed by atoms with Gasteiger partial charge in [0.2, 0.25) is 11.8 Å². The predicted molar refractivity (Wildman–Crippen MR) is 78.9 cm³/mol. The summed E-state index contributed by atoms with van der Waals surface area (Å²) < 4.78 is 0. The van der Waals surface area contributed by atoms with Crippen LogP contribution in [-0.2, 0) is 17.6 Å². The molecule has 1 aromatic rings. The maximum absolute atomic E-state index is 12.4. The van der Waals surface area contributed by atoms with Gasteiger partial charge >= 0.3 is 0 Å². The van der Waals surface area contributed by atoms with Crippen LogP contribution in [0.25, 0.3) is 0 Å². The number of hydrogen-bond donors (Lipinski definition) is 2. The van der Waals surface area contributed by atoms with Gasteiger partial charge in [-0.2, -0.15) is 0 Å². The number of rotatable bonds is 2. The topological polar surface area (TPSA) is 83.6 Å². The maximum Gasteiger partial charge on any atom is 0.249 e. The van der Waals surface area contributed by atoms with E-state index < -0.39 is 11.4 Å². The number of amides is 2. The van der Waals surface area contributed by atoms with Crippen molar-refractivity contribution >= 4 is 11.8 Å². The van der Waals surface area contributed by atoms with E-state index in [1.165, 1.54) is 0 Å². The molecule has 0 fully saturated rings. The van der Waals surface area contributed by atoms with Gasteiger partial charge in [0.15, 0.2) is 0 Å². The Balaban J connectivity index is 2.20. The van der Waals surface area contributed by atoms with Crippen molar-refractivity contribution < 1.29 is 14.8 Å². The molecule has 0 aromatic heterocycles. The largest absolute Gasteiger partial charge is 0.366 e. The summed E-state index contributed by atoms with van der Waals surface area (Å²) in [6.07, 6.45) is 2.00. The van der Waals surface area contributed by atoms with Crippen LogP contribution < -0.4 is 5.73 Å². The van der Waals surface area contributed by atoms with E-state index >= 15 is 0 Å². The van der Waals surface area contributed by atoms with E-state index in [4.69, 9.17) is 5.73 Å². The maximum atomic E-state index is 12.4. The number of carbonyl (C=O) groups excluding carboxylic acids is 2. The zero-order chi connectivity index (χ0) is 15.8. The first-order chi connectivity index (χ1) is 9.70. The van der Waals surface area contributed by atoms with Crippen LogP contribution in [-0.4, -0.2) is 27.6 Å². The molecule has 0 saturated carbocycles. The van der Waals surface area contributed by atoms with Gasteiger partial charge < -0.3 is 5.73 Å². The first-order valence-electron chi connectivity index (χ1n) is 7.14. The minimum absolute atomic E-state index is 0.259. The number of aryl methyl sites for hydroxylation is 1. The highest BCUT2D eigenvalue weighted by Crippen LogP contribution is 2.29. The average molecular weight is 290 g/mol. The van der Waals surface area contributed by atoms with Crippen LogP contribution in [0.4, 0.5) is 0 Å². The molecule has 0 spiro atoms. The van der Waals surface area contributed by atoms with Crippen LogP contribution in [0.2, 0.25) is 0 Å². The van der Waals surface area contributed by atoms with Crippen molar-refractivity contribution in [2.24, 2.45) is 11.7 Å². The fraction of sp³-hybridized carbons (Fsp3) is 0.500. The highest BCUT2D eigenvalue weighted by molar-refractivity contribution is 5.93. The van der Waals surface area contributed by atoms with E-state index in [2.05, 4.69) is 0 Å². The van der Waals surface area contributed by atoms with Crippen LogP contribution in [0.3, 0.4) is 0 Å². The van der Waals surface area contributed by atoms with E-state index in [0.29, 0.717) is 18.4 Å². The van der Waals surface area contributed by atoms with Crippen molar-refractivity contribution in [1.82, 2.24) is 5.06 Å². The van der Waals surface area contributed by atoms with Gasteiger partial charge in [-0.05, 0) is 63.3 Å². The van der Waals surface area contributed by atoms with Gasteiger partial charge in [-0.25, -0.2) is 5.06 Å². The number of benzene rings is 1. The third kappa shape index (κ3) is 3.24. The second kappa shape index (κ2) is 5.48. The van der Waals surface area contributed by atoms with Gasteiger partial charge in [-0.1, -0.05) is 6.07 Å². The minimum atomic E-state index is -0.619. The second-order valence-electron chi connectivity index (χ2n) is 6.61. The number of nitrogens with zero attached hydrogens (tertiary/aromatic N) is 1. The van der Waals surface area contributed by atoms with E-state index in [1.807, 2.05) is 6.07 Å². The van der Waals surface area contributed by atoms with Gasteiger partial charge in [0, 0.05) is 11.5 Å². The number of fused-ring (bicyclic) bond motifs is 1. The second-order valence-corrected chi connectivity index (χ2v) is 6.61. The summed E-state index contributed by atoms with van der Waals surface area (Å²) in [6, 6.07) is 5.38. The molecule has 2 amide bonds. The lowest BCUT2D eigenvalue weighted by atomic mass is 9.82. The monoisotopic (exact) mass is 290 g/mol. The van der Waals surface area contributed by atoms with Crippen molar-refractivity contribution in [3.8, 4) is 0 Å². The van der Waals surface area contributed by atoms with E-state index in [1.54, 1.807) is 32.9 Å². The van der Waals surface area contributed by atoms with Crippen LogP contribution in [0.1, 0.15) is 48.7 Å². The van der Waals surface area contributed by atoms with Gasteiger partial charge in [0.1, 0.15) is 0 Å². The molecule has 2 rings (SSSR count). The van der Waals surface area contributed by atoms with Crippen LogP contribution >= 0.6 is 0 Å². The van der Waals surface area contributed by atoms with Crippen LogP contribution in [0, 0.1) is 5.92 Å². The third-order valence-corrected chi connectivity index (χ3v) is 3.91. The first kappa shape index (κ1) is 15.5. The van der Waals surface area contributed by atoms with Crippen LogP contribution in [0.5, 0.6) is 0 Å². The smallest absolute Gasteiger partial charge is 0.249 e. The molecule has 1 aromatic carbocycles. The molecular formula is C16H22N2O3. The molecule has 5 heteroatoms. The van der Waals surface area contributed by atoms with E-state index in [-0.39, 0.29) is 11.8 Å². The lowest BCUT2D eigenvalue weighted by Crippen LogP contribution is -2.47. The summed E-state index contributed by atoms with van der Waals surface area (Å²) in [5.41, 5.74) is 7.24. The molecule has 0 aliphatic heterocycles. The van der Waals surface area contributed by atoms with Gasteiger partial charge in [-0.15, -0.1) is 0 Å². The summed E-state index contributed by atoms with van der Waals surface area (Å²) in [7, 11) is 0. The Bertz CT molecular complexity index is 575. The summed E-state index contributed by atoms with van der Waals surface area (Å²) in [4.78, 5) is 23.6. The minimum Gasteiger partial charge on any atom is -0.366 e. The van der Waals surface area contributed by atoms with Gasteiger partial charge in [0.05, 0.1) is 5.54 Å². The van der Waals surface area contributed by atoms with Crippen molar-refractivity contribution in [1.29, 1.82) is 0 Å². The standard InChI is InChI=1S/C16H22N2O3/c1-16(2,3)18(21)15(20)12-7-5-10-4-6-11(14(17)19)8-13(10)9-12/h4,6,8,12,21H,5,7,9H2,1-3H3,(H2,17,19). The molecule has 0 saturated heterocycles.